The number of carbonyl (C=O) groups is 1. The SMILES string of the molecule is O=C(c1n[nH]c(=O)[nH]1)N1CCCCC1c1nc(-c2ccccc2)no1. The maximum Gasteiger partial charge on any atom is 0.341 e. The molecule has 4 rings (SSSR count). The fourth-order valence-corrected chi connectivity index (χ4v) is 3.01. The van der Waals surface area contributed by atoms with Crippen LogP contribution in [-0.2, 0) is 0 Å². The molecule has 3 aromatic rings. The van der Waals surface area contributed by atoms with Crippen molar-refractivity contribution in [3.05, 3.63) is 52.5 Å². The Balaban J connectivity index is 1.62. The van der Waals surface area contributed by atoms with E-state index in [0.717, 1.165) is 24.8 Å². The van der Waals surface area contributed by atoms with E-state index in [-0.39, 0.29) is 17.8 Å². The summed E-state index contributed by atoms with van der Waals surface area (Å²) in [5, 5.41) is 9.96. The topological polar surface area (TPSA) is 121 Å². The molecule has 9 heteroatoms. The third kappa shape index (κ3) is 2.95. The Hall–Kier alpha value is -3.23. The predicted octanol–water partition coefficient (Wildman–Crippen LogP) is 1.52. The highest BCUT2D eigenvalue weighted by Crippen LogP contribution is 2.31. The molecule has 1 saturated heterocycles. The van der Waals surface area contributed by atoms with Crippen LogP contribution in [0.4, 0.5) is 0 Å². The number of nitrogens with zero attached hydrogens (tertiary/aromatic N) is 4. The van der Waals surface area contributed by atoms with Gasteiger partial charge in [0.1, 0.15) is 6.04 Å². The van der Waals surface area contributed by atoms with Gasteiger partial charge in [-0.1, -0.05) is 35.5 Å². The highest BCUT2D eigenvalue weighted by atomic mass is 16.5. The summed E-state index contributed by atoms with van der Waals surface area (Å²) in [5.41, 5.74) is 0.337. The van der Waals surface area contributed by atoms with E-state index in [1.54, 1.807) is 4.90 Å². The van der Waals surface area contributed by atoms with Crippen molar-refractivity contribution in [1.29, 1.82) is 0 Å². The van der Waals surface area contributed by atoms with Crippen LogP contribution < -0.4 is 5.69 Å². The molecular formula is C16H16N6O3. The van der Waals surface area contributed by atoms with Gasteiger partial charge in [0.2, 0.25) is 17.5 Å². The number of aromatic amines is 2. The standard InChI is InChI=1S/C16H16N6O3/c23-15(13-18-16(24)20-19-13)22-9-5-4-8-11(22)14-17-12(21-25-14)10-6-2-1-3-7-10/h1-3,6-7,11H,4-5,8-9H2,(H2,18,19,20,24). The van der Waals surface area contributed by atoms with E-state index in [0.29, 0.717) is 18.3 Å². The second kappa shape index (κ2) is 6.34. The summed E-state index contributed by atoms with van der Waals surface area (Å²) in [6.07, 6.45) is 2.54. The lowest BCUT2D eigenvalue weighted by atomic mass is 10.0. The number of H-pyrrole nitrogens is 2. The number of likely N-dealkylation sites (tertiary alicyclic amines) is 1. The average molecular weight is 340 g/mol. The van der Waals surface area contributed by atoms with E-state index in [4.69, 9.17) is 4.52 Å². The number of hydrogen-bond acceptors (Lipinski definition) is 6. The van der Waals surface area contributed by atoms with E-state index in [1.807, 2.05) is 30.3 Å². The second-order valence-corrected chi connectivity index (χ2v) is 5.86. The Kier molecular flexibility index (Phi) is 3.88. The first kappa shape index (κ1) is 15.3. The summed E-state index contributed by atoms with van der Waals surface area (Å²) in [6.45, 7) is 0.543. The fourth-order valence-electron chi connectivity index (χ4n) is 3.01. The highest BCUT2D eigenvalue weighted by molar-refractivity contribution is 5.90. The van der Waals surface area contributed by atoms with Crippen molar-refractivity contribution in [3.63, 3.8) is 0 Å². The van der Waals surface area contributed by atoms with Gasteiger partial charge in [-0.2, -0.15) is 4.98 Å². The summed E-state index contributed by atoms with van der Waals surface area (Å²) in [7, 11) is 0. The minimum Gasteiger partial charge on any atom is -0.337 e. The first-order valence-corrected chi connectivity index (χ1v) is 8.07. The highest BCUT2D eigenvalue weighted by Gasteiger charge is 2.34. The molecule has 1 aliphatic heterocycles. The number of aromatic nitrogens is 5. The Labute approximate surface area is 142 Å². The Morgan fingerprint density at radius 3 is 2.84 bits per heavy atom. The minimum atomic E-state index is -0.513. The lowest BCUT2D eigenvalue weighted by Crippen LogP contribution is -2.39. The minimum absolute atomic E-state index is 0.0142. The van der Waals surface area contributed by atoms with Crippen LogP contribution in [0.5, 0.6) is 0 Å². The van der Waals surface area contributed by atoms with Gasteiger partial charge in [-0.25, -0.2) is 9.89 Å². The van der Waals surface area contributed by atoms with Gasteiger partial charge < -0.3 is 9.42 Å². The van der Waals surface area contributed by atoms with Crippen LogP contribution in [0.15, 0.2) is 39.6 Å². The second-order valence-electron chi connectivity index (χ2n) is 5.86. The maximum absolute atomic E-state index is 12.7. The number of amides is 1. The van der Waals surface area contributed by atoms with Crippen LogP contribution >= 0.6 is 0 Å². The Morgan fingerprint density at radius 2 is 2.08 bits per heavy atom. The molecular weight excluding hydrogens is 324 g/mol. The number of nitrogens with one attached hydrogen (secondary N) is 2. The fraction of sp³-hybridized carbons (Fsp3) is 0.312. The van der Waals surface area contributed by atoms with Gasteiger partial charge >= 0.3 is 5.69 Å². The van der Waals surface area contributed by atoms with E-state index < -0.39 is 5.69 Å². The zero-order valence-corrected chi connectivity index (χ0v) is 13.3. The zero-order chi connectivity index (χ0) is 17.2. The number of piperidine rings is 1. The Morgan fingerprint density at radius 1 is 1.24 bits per heavy atom. The summed E-state index contributed by atoms with van der Waals surface area (Å²) in [5.74, 6) is 0.508. The first-order chi connectivity index (χ1) is 12.2. The van der Waals surface area contributed by atoms with Crippen LogP contribution in [0.2, 0.25) is 0 Å². The molecule has 1 atom stereocenters. The molecule has 1 aliphatic rings. The van der Waals surface area contributed by atoms with Crippen molar-refractivity contribution in [3.8, 4) is 11.4 Å². The number of carbonyl (C=O) groups excluding carboxylic acids is 1. The summed E-state index contributed by atoms with van der Waals surface area (Å²) in [4.78, 5) is 32.3. The molecule has 0 spiro atoms. The number of benzene rings is 1. The molecule has 0 bridgehead atoms. The number of rotatable bonds is 3. The quantitative estimate of drug-likeness (QED) is 0.745. The monoisotopic (exact) mass is 340 g/mol. The molecule has 128 valence electrons. The predicted molar refractivity (Wildman–Crippen MR) is 86.6 cm³/mol. The van der Waals surface area contributed by atoms with E-state index in [9.17, 15) is 9.59 Å². The summed E-state index contributed by atoms with van der Waals surface area (Å²) in [6, 6.07) is 9.17. The molecule has 2 N–H and O–H groups in total. The van der Waals surface area contributed by atoms with Crippen molar-refractivity contribution in [2.24, 2.45) is 0 Å². The van der Waals surface area contributed by atoms with Crippen molar-refractivity contribution in [1.82, 2.24) is 30.2 Å². The van der Waals surface area contributed by atoms with Crippen molar-refractivity contribution in [2.75, 3.05) is 6.54 Å². The average Bonchev–Trinajstić information content (AvgIpc) is 3.31. The lowest BCUT2D eigenvalue weighted by molar-refractivity contribution is 0.0549. The molecule has 9 nitrogen and oxygen atoms in total. The normalized spacial score (nSPS) is 17.6. The lowest BCUT2D eigenvalue weighted by Gasteiger charge is -2.32. The van der Waals surface area contributed by atoms with Crippen LogP contribution in [0, 0.1) is 0 Å². The van der Waals surface area contributed by atoms with E-state index in [2.05, 4.69) is 25.3 Å². The Bertz CT molecular complexity index is 929. The smallest absolute Gasteiger partial charge is 0.337 e. The molecule has 1 amide bonds. The van der Waals surface area contributed by atoms with E-state index >= 15 is 0 Å². The molecule has 0 aliphatic carbocycles. The molecule has 1 fully saturated rings. The summed E-state index contributed by atoms with van der Waals surface area (Å²) < 4.78 is 5.42. The molecule has 1 aromatic carbocycles. The zero-order valence-electron chi connectivity index (χ0n) is 13.3. The van der Waals surface area contributed by atoms with Gasteiger partial charge in [-0.15, -0.1) is 5.10 Å². The van der Waals surface area contributed by atoms with Gasteiger partial charge in [0.25, 0.3) is 5.91 Å². The number of hydrogen-bond donors (Lipinski definition) is 2. The summed E-state index contributed by atoms with van der Waals surface area (Å²) >= 11 is 0. The molecule has 2 aromatic heterocycles. The van der Waals surface area contributed by atoms with Crippen molar-refractivity contribution >= 4 is 5.91 Å². The van der Waals surface area contributed by atoms with Crippen molar-refractivity contribution in [2.45, 2.75) is 25.3 Å². The van der Waals surface area contributed by atoms with Crippen LogP contribution in [0.1, 0.15) is 41.8 Å². The van der Waals surface area contributed by atoms with Gasteiger partial charge in [-0.05, 0) is 19.3 Å². The van der Waals surface area contributed by atoms with Crippen molar-refractivity contribution < 1.29 is 9.32 Å². The third-order valence-electron chi connectivity index (χ3n) is 4.23. The molecule has 1 unspecified atom stereocenters. The molecule has 3 heterocycles. The molecule has 0 radical (unpaired) electrons. The van der Waals surface area contributed by atoms with Gasteiger partial charge in [0.05, 0.1) is 0 Å². The largest absolute Gasteiger partial charge is 0.341 e. The van der Waals surface area contributed by atoms with Gasteiger partial charge in [0.15, 0.2) is 0 Å². The molecule has 0 saturated carbocycles. The van der Waals surface area contributed by atoms with Crippen LogP contribution in [0.3, 0.4) is 0 Å². The maximum atomic E-state index is 12.7. The van der Waals surface area contributed by atoms with Crippen LogP contribution in [0.25, 0.3) is 11.4 Å². The molecule has 25 heavy (non-hydrogen) atoms. The van der Waals surface area contributed by atoms with Gasteiger partial charge in [0, 0.05) is 12.1 Å². The third-order valence-corrected chi connectivity index (χ3v) is 4.23. The van der Waals surface area contributed by atoms with Gasteiger partial charge in [-0.3, -0.25) is 9.78 Å². The van der Waals surface area contributed by atoms with E-state index in [1.165, 1.54) is 0 Å². The first-order valence-electron chi connectivity index (χ1n) is 8.07. The van der Waals surface area contributed by atoms with Crippen LogP contribution in [-0.4, -0.2) is 42.7 Å².